The molecule has 0 bridgehead atoms. The number of benzene rings is 2. The first-order valence-electron chi connectivity index (χ1n) is 7.58. The molecule has 23 heavy (non-hydrogen) atoms. The molecule has 120 valence electrons. The Kier molecular flexibility index (Phi) is 5.92. The highest BCUT2D eigenvalue weighted by Crippen LogP contribution is 2.12. The van der Waals surface area contributed by atoms with Crippen LogP contribution in [-0.4, -0.2) is 18.8 Å². The van der Waals surface area contributed by atoms with E-state index >= 15 is 0 Å². The van der Waals surface area contributed by atoms with Gasteiger partial charge in [0.2, 0.25) is 5.91 Å². The molecule has 4 nitrogen and oxygen atoms in total. The first-order valence-corrected chi connectivity index (χ1v) is 7.58. The van der Waals surface area contributed by atoms with Crippen LogP contribution in [0.3, 0.4) is 0 Å². The van der Waals surface area contributed by atoms with Crippen molar-refractivity contribution in [1.29, 1.82) is 0 Å². The minimum atomic E-state index is -0.122. The van der Waals surface area contributed by atoms with Gasteiger partial charge in [-0.2, -0.15) is 0 Å². The molecule has 2 aromatic rings. The minimum Gasteiger partial charge on any atom is -0.497 e. The Morgan fingerprint density at radius 1 is 1.00 bits per heavy atom. The maximum absolute atomic E-state index is 12.1. The molecule has 0 spiro atoms. The number of nitrogens with one attached hydrogen (secondary N) is 1. The molecule has 2 aromatic carbocycles. The van der Waals surface area contributed by atoms with Crippen molar-refractivity contribution in [2.45, 2.75) is 26.3 Å². The lowest BCUT2D eigenvalue weighted by Gasteiger charge is -2.07. The zero-order chi connectivity index (χ0) is 16.7. The van der Waals surface area contributed by atoms with Crippen LogP contribution in [0.15, 0.2) is 48.5 Å². The van der Waals surface area contributed by atoms with E-state index in [4.69, 9.17) is 4.74 Å². The maximum atomic E-state index is 12.1. The summed E-state index contributed by atoms with van der Waals surface area (Å²) in [6.45, 7) is 2.35. The van der Waals surface area contributed by atoms with Crippen LogP contribution in [0.4, 0.5) is 0 Å². The zero-order valence-electron chi connectivity index (χ0n) is 13.5. The number of hydrogen-bond acceptors (Lipinski definition) is 3. The normalized spacial score (nSPS) is 10.2. The lowest BCUT2D eigenvalue weighted by molar-refractivity contribution is -0.121. The topological polar surface area (TPSA) is 55.4 Å². The third kappa shape index (κ3) is 4.95. The van der Waals surface area contributed by atoms with Gasteiger partial charge in [0.25, 0.3) is 0 Å². The second kappa shape index (κ2) is 8.13. The summed E-state index contributed by atoms with van der Waals surface area (Å²) in [5.41, 5.74) is 2.62. The quantitative estimate of drug-likeness (QED) is 0.798. The summed E-state index contributed by atoms with van der Waals surface area (Å²) in [6.07, 6.45) is 0.419. The Bertz CT molecular complexity index is 677. The molecule has 0 aliphatic heterocycles. The summed E-state index contributed by atoms with van der Waals surface area (Å²) in [4.78, 5) is 24.0. The largest absolute Gasteiger partial charge is 0.497 e. The predicted molar refractivity (Wildman–Crippen MR) is 89.6 cm³/mol. The Balaban J connectivity index is 1.78. The van der Waals surface area contributed by atoms with Gasteiger partial charge in [-0.05, 0) is 30.2 Å². The van der Waals surface area contributed by atoms with E-state index in [0.717, 1.165) is 16.9 Å². The highest BCUT2D eigenvalue weighted by Gasteiger charge is 2.11. The van der Waals surface area contributed by atoms with Gasteiger partial charge >= 0.3 is 0 Å². The highest BCUT2D eigenvalue weighted by atomic mass is 16.5. The first kappa shape index (κ1) is 16.7. The molecule has 0 radical (unpaired) electrons. The summed E-state index contributed by atoms with van der Waals surface area (Å²) >= 11 is 0. The number of carbonyl (C=O) groups excluding carboxylic acids is 2. The van der Waals surface area contributed by atoms with E-state index < -0.39 is 0 Å². The summed E-state index contributed by atoms with van der Waals surface area (Å²) in [6, 6.07) is 14.9. The second-order valence-electron chi connectivity index (χ2n) is 5.36. The van der Waals surface area contributed by atoms with E-state index in [-0.39, 0.29) is 24.5 Å². The molecule has 0 saturated heterocycles. The smallest absolute Gasteiger partial charge is 0.220 e. The van der Waals surface area contributed by atoms with Crippen LogP contribution >= 0.6 is 0 Å². The molecular formula is C19H21NO3. The van der Waals surface area contributed by atoms with Crippen molar-refractivity contribution in [2.75, 3.05) is 7.11 Å². The average molecular weight is 311 g/mol. The molecule has 0 aliphatic carbocycles. The molecular weight excluding hydrogens is 290 g/mol. The van der Waals surface area contributed by atoms with Crippen molar-refractivity contribution in [3.8, 4) is 5.75 Å². The van der Waals surface area contributed by atoms with Gasteiger partial charge < -0.3 is 10.1 Å². The fourth-order valence-corrected chi connectivity index (χ4v) is 2.28. The van der Waals surface area contributed by atoms with Crippen LogP contribution in [0, 0.1) is 6.92 Å². The maximum Gasteiger partial charge on any atom is 0.220 e. The van der Waals surface area contributed by atoms with Crippen LogP contribution in [0.2, 0.25) is 0 Å². The molecule has 0 aromatic heterocycles. The fourth-order valence-electron chi connectivity index (χ4n) is 2.28. The predicted octanol–water partition coefficient (Wildman–Crippen LogP) is 3.28. The van der Waals surface area contributed by atoms with Gasteiger partial charge in [-0.1, -0.05) is 36.4 Å². The lowest BCUT2D eigenvalue weighted by Crippen LogP contribution is -2.23. The number of hydrogen-bond donors (Lipinski definition) is 1. The van der Waals surface area contributed by atoms with Gasteiger partial charge in [0.1, 0.15) is 5.75 Å². The van der Waals surface area contributed by atoms with E-state index in [9.17, 15) is 9.59 Å². The third-order valence-corrected chi connectivity index (χ3v) is 3.67. The van der Waals surface area contributed by atoms with Crippen LogP contribution in [-0.2, 0) is 11.3 Å². The molecule has 1 N–H and O–H groups in total. The molecule has 0 heterocycles. The molecule has 0 unspecified atom stereocenters. The van der Waals surface area contributed by atoms with E-state index in [0.29, 0.717) is 12.1 Å². The van der Waals surface area contributed by atoms with Crippen LogP contribution in [0.5, 0.6) is 5.75 Å². The SMILES string of the molecule is COc1ccc(CNC(=O)CCC(=O)c2ccccc2C)cc1. The fraction of sp³-hybridized carbons (Fsp3) is 0.263. The number of ether oxygens (including phenoxy) is 1. The summed E-state index contributed by atoms with van der Waals surface area (Å²) in [5.74, 6) is 0.661. The standard InChI is InChI=1S/C19H21NO3/c1-14-5-3-4-6-17(14)18(21)11-12-19(22)20-13-15-7-9-16(23-2)10-8-15/h3-10H,11-13H2,1-2H3,(H,20,22). The number of rotatable bonds is 7. The molecule has 0 aliphatic rings. The number of carbonyl (C=O) groups is 2. The van der Waals surface area contributed by atoms with Gasteiger partial charge in [-0.25, -0.2) is 0 Å². The van der Waals surface area contributed by atoms with Crippen LogP contribution in [0.1, 0.15) is 34.3 Å². The van der Waals surface area contributed by atoms with Crippen LogP contribution < -0.4 is 10.1 Å². The Morgan fingerprint density at radius 3 is 2.35 bits per heavy atom. The number of methoxy groups -OCH3 is 1. The highest BCUT2D eigenvalue weighted by molar-refractivity contribution is 5.99. The van der Waals surface area contributed by atoms with E-state index in [1.54, 1.807) is 13.2 Å². The van der Waals surface area contributed by atoms with Crippen molar-refractivity contribution in [1.82, 2.24) is 5.32 Å². The molecule has 0 saturated carbocycles. The van der Waals surface area contributed by atoms with E-state index in [1.807, 2.05) is 49.4 Å². The van der Waals surface area contributed by atoms with Gasteiger partial charge in [0, 0.05) is 24.9 Å². The van der Waals surface area contributed by atoms with E-state index in [2.05, 4.69) is 5.32 Å². The summed E-state index contributed by atoms with van der Waals surface area (Å²) < 4.78 is 5.09. The van der Waals surface area contributed by atoms with Crippen molar-refractivity contribution < 1.29 is 14.3 Å². The monoisotopic (exact) mass is 311 g/mol. The van der Waals surface area contributed by atoms with Gasteiger partial charge in [-0.3, -0.25) is 9.59 Å². The lowest BCUT2D eigenvalue weighted by atomic mass is 10.0. The average Bonchev–Trinajstić information content (AvgIpc) is 2.58. The number of aryl methyl sites for hydroxylation is 1. The minimum absolute atomic E-state index is 0.00250. The van der Waals surface area contributed by atoms with Gasteiger partial charge in [0.05, 0.1) is 7.11 Å². The zero-order valence-corrected chi connectivity index (χ0v) is 13.5. The molecule has 2 rings (SSSR count). The van der Waals surface area contributed by atoms with E-state index in [1.165, 1.54) is 0 Å². The first-order chi connectivity index (χ1) is 11.1. The van der Waals surface area contributed by atoms with Crippen molar-refractivity contribution in [2.24, 2.45) is 0 Å². The molecule has 0 fully saturated rings. The Hall–Kier alpha value is -2.62. The van der Waals surface area contributed by atoms with Crippen molar-refractivity contribution >= 4 is 11.7 Å². The summed E-state index contributed by atoms with van der Waals surface area (Å²) in [7, 11) is 1.61. The molecule has 1 amide bonds. The van der Waals surface area contributed by atoms with Gasteiger partial charge in [-0.15, -0.1) is 0 Å². The number of Topliss-reactive ketones (excluding diaryl/α,β-unsaturated/α-hetero) is 1. The molecule has 0 atom stereocenters. The Labute approximate surface area is 136 Å². The van der Waals surface area contributed by atoms with Gasteiger partial charge in [0.15, 0.2) is 5.78 Å². The Morgan fingerprint density at radius 2 is 1.70 bits per heavy atom. The van der Waals surface area contributed by atoms with Crippen LogP contribution in [0.25, 0.3) is 0 Å². The molecule has 4 heteroatoms. The second-order valence-corrected chi connectivity index (χ2v) is 5.36. The number of amides is 1. The van der Waals surface area contributed by atoms with Crippen molar-refractivity contribution in [3.05, 3.63) is 65.2 Å². The van der Waals surface area contributed by atoms with Crippen molar-refractivity contribution in [3.63, 3.8) is 0 Å². The third-order valence-electron chi connectivity index (χ3n) is 3.67. The summed E-state index contributed by atoms with van der Waals surface area (Å²) in [5, 5.41) is 2.83. The number of ketones is 1.